The van der Waals surface area contributed by atoms with Crippen molar-refractivity contribution in [2.75, 3.05) is 19.7 Å². The lowest BCUT2D eigenvalue weighted by atomic mass is 9.79. The van der Waals surface area contributed by atoms with Crippen molar-refractivity contribution in [3.63, 3.8) is 0 Å². The number of carbonyl (C=O) groups is 1. The molecule has 6 nitrogen and oxygen atoms in total. The van der Waals surface area contributed by atoms with Gasteiger partial charge in [-0.25, -0.2) is 4.79 Å². The zero-order valence-corrected chi connectivity index (χ0v) is 19.2. The van der Waals surface area contributed by atoms with Gasteiger partial charge >= 0.3 is 13.2 Å². The number of hydrogen-bond acceptors (Lipinski definition) is 5. The van der Waals surface area contributed by atoms with E-state index in [2.05, 4.69) is 27.7 Å². The highest BCUT2D eigenvalue weighted by Gasteiger charge is 2.57. The summed E-state index contributed by atoms with van der Waals surface area (Å²) in [5, 5.41) is 0. The number of piperidine rings is 1. The van der Waals surface area contributed by atoms with Crippen molar-refractivity contribution in [1.29, 1.82) is 0 Å². The average Bonchev–Trinajstić information content (AvgIpc) is 2.96. The molecule has 0 aromatic heterocycles. The van der Waals surface area contributed by atoms with Crippen molar-refractivity contribution in [1.82, 2.24) is 4.90 Å². The molecule has 1 unspecified atom stereocenters. The Morgan fingerprint density at radius 2 is 1.73 bits per heavy atom. The van der Waals surface area contributed by atoms with Gasteiger partial charge in [0.15, 0.2) is 0 Å². The van der Waals surface area contributed by atoms with Crippen LogP contribution in [0.25, 0.3) is 0 Å². The fourth-order valence-electron chi connectivity index (χ4n) is 4.29. The van der Waals surface area contributed by atoms with Gasteiger partial charge in [-0.2, -0.15) is 0 Å². The maximum absolute atomic E-state index is 12.2. The monoisotopic (exact) mass is 415 g/mol. The Bertz CT molecular complexity index is 790. The second-order valence-corrected chi connectivity index (χ2v) is 10.8. The molecular formula is C23H34BNO5. The van der Waals surface area contributed by atoms with Crippen molar-refractivity contribution in [3.8, 4) is 5.75 Å². The molecule has 0 N–H and O–H groups in total. The van der Waals surface area contributed by atoms with E-state index >= 15 is 0 Å². The van der Waals surface area contributed by atoms with Gasteiger partial charge in [0.2, 0.25) is 0 Å². The van der Waals surface area contributed by atoms with Gasteiger partial charge in [-0.05, 0) is 77.9 Å². The molecule has 3 aliphatic rings. The number of rotatable bonds is 4. The number of ether oxygens (including phenoxy) is 2. The standard InChI is InChI=1S/C23H34BNO5/c1-21(2,3)28-20(26)25-12-17-18(13-25)19(17)14-27-16-10-8-9-15(11-16)24-29-22(4,5)23(6,7)30-24/h8-11,17-19H,12-14H2,1-7H3/t17-,18+,19?. The number of benzene rings is 1. The van der Waals surface area contributed by atoms with Gasteiger partial charge in [-0.1, -0.05) is 12.1 Å². The molecule has 1 aromatic carbocycles. The van der Waals surface area contributed by atoms with Crippen molar-refractivity contribution in [3.05, 3.63) is 24.3 Å². The highest BCUT2D eigenvalue weighted by atomic mass is 16.7. The van der Waals surface area contributed by atoms with E-state index in [1.165, 1.54) is 0 Å². The first-order chi connectivity index (χ1) is 13.9. The third kappa shape index (κ3) is 4.19. The van der Waals surface area contributed by atoms with Crippen LogP contribution in [0.5, 0.6) is 5.75 Å². The summed E-state index contributed by atoms with van der Waals surface area (Å²) in [6.45, 7) is 16.1. The highest BCUT2D eigenvalue weighted by molar-refractivity contribution is 6.62. The quantitative estimate of drug-likeness (QED) is 0.705. The molecule has 1 amide bonds. The Morgan fingerprint density at radius 1 is 1.13 bits per heavy atom. The van der Waals surface area contributed by atoms with Gasteiger partial charge in [0.05, 0.1) is 17.8 Å². The predicted molar refractivity (Wildman–Crippen MR) is 116 cm³/mol. The number of fused-ring (bicyclic) bond motifs is 1. The van der Waals surface area contributed by atoms with Crippen molar-refractivity contribution >= 4 is 18.7 Å². The summed E-state index contributed by atoms with van der Waals surface area (Å²) < 4.78 is 23.9. The number of nitrogens with zero attached hydrogens (tertiary/aromatic N) is 1. The van der Waals surface area contributed by atoms with Crippen molar-refractivity contribution < 1.29 is 23.6 Å². The molecule has 2 saturated heterocycles. The van der Waals surface area contributed by atoms with Gasteiger partial charge in [-0.3, -0.25) is 0 Å². The zero-order valence-electron chi connectivity index (χ0n) is 19.2. The maximum atomic E-state index is 12.2. The van der Waals surface area contributed by atoms with E-state index < -0.39 is 5.60 Å². The van der Waals surface area contributed by atoms with Crippen LogP contribution >= 0.6 is 0 Å². The Morgan fingerprint density at radius 3 is 2.30 bits per heavy atom. The Balaban J connectivity index is 1.28. The van der Waals surface area contributed by atoms with Crippen LogP contribution in [0.1, 0.15) is 48.5 Å². The minimum Gasteiger partial charge on any atom is -0.493 e. The lowest BCUT2D eigenvalue weighted by molar-refractivity contribution is 0.00578. The molecule has 30 heavy (non-hydrogen) atoms. The molecule has 7 heteroatoms. The van der Waals surface area contributed by atoms with Crippen LogP contribution in [0.4, 0.5) is 4.79 Å². The lowest BCUT2D eigenvalue weighted by Crippen LogP contribution is -2.41. The largest absolute Gasteiger partial charge is 0.494 e. The molecule has 0 radical (unpaired) electrons. The van der Waals surface area contributed by atoms with Crippen molar-refractivity contribution in [2.24, 2.45) is 17.8 Å². The second kappa shape index (κ2) is 7.16. The molecular weight excluding hydrogens is 381 g/mol. The highest BCUT2D eigenvalue weighted by Crippen LogP contribution is 2.52. The molecule has 1 saturated carbocycles. The van der Waals surface area contributed by atoms with E-state index in [1.807, 2.05) is 49.9 Å². The van der Waals surface area contributed by atoms with Crippen LogP contribution in [0.15, 0.2) is 24.3 Å². The molecule has 2 aliphatic heterocycles. The first-order valence-electron chi connectivity index (χ1n) is 10.9. The summed E-state index contributed by atoms with van der Waals surface area (Å²) in [7, 11) is -0.388. The van der Waals surface area contributed by atoms with Gasteiger partial charge in [0.1, 0.15) is 11.4 Å². The molecule has 0 spiro atoms. The number of likely N-dealkylation sites (tertiary alicyclic amines) is 1. The molecule has 1 aliphatic carbocycles. The summed E-state index contributed by atoms with van der Waals surface area (Å²) >= 11 is 0. The minimum absolute atomic E-state index is 0.204. The van der Waals surface area contributed by atoms with Gasteiger partial charge < -0.3 is 23.7 Å². The number of carbonyl (C=O) groups excluding carboxylic acids is 1. The van der Waals surface area contributed by atoms with Crippen molar-refractivity contribution in [2.45, 2.75) is 65.3 Å². The van der Waals surface area contributed by atoms with Gasteiger partial charge in [0, 0.05) is 19.0 Å². The fourth-order valence-corrected chi connectivity index (χ4v) is 4.29. The smallest absolute Gasteiger partial charge is 0.493 e. The molecule has 1 aromatic rings. The van der Waals surface area contributed by atoms with Gasteiger partial charge in [0.25, 0.3) is 0 Å². The molecule has 2 heterocycles. The normalized spacial score (nSPS) is 29.0. The topological polar surface area (TPSA) is 57.2 Å². The van der Waals surface area contributed by atoms with Crippen LogP contribution in [-0.4, -0.2) is 54.6 Å². The number of hydrogen-bond donors (Lipinski definition) is 0. The Hall–Kier alpha value is -1.73. The average molecular weight is 415 g/mol. The van der Waals surface area contributed by atoms with Gasteiger partial charge in [-0.15, -0.1) is 0 Å². The first-order valence-corrected chi connectivity index (χ1v) is 10.9. The summed E-state index contributed by atoms with van der Waals surface area (Å²) in [4.78, 5) is 14.0. The zero-order chi connectivity index (χ0) is 21.9. The predicted octanol–water partition coefficient (Wildman–Crippen LogP) is 3.48. The van der Waals surface area contributed by atoms with E-state index in [0.29, 0.717) is 24.4 Å². The van der Waals surface area contributed by atoms with Crippen LogP contribution in [0.3, 0.4) is 0 Å². The summed E-state index contributed by atoms with van der Waals surface area (Å²) in [6, 6.07) is 7.97. The molecule has 3 fully saturated rings. The molecule has 3 atom stereocenters. The summed E-state index contributed by atoms with van der Waals surface area (Å²) in [5.41, 5.74) is -0.201. The third-order valence-electron chi connectivity index (χ3n) is 6.85. The van der Waals surface area contributed by atoms with E-state index in [9.17, 15) is 4.79 Å². The second-order valence-electron chi connectivity index (χ2n) is 10.8. The van der Waals surface area contributed by atoms with Crippen LogP contribution in [-0.2, 0) is 14.0 Å². The SMILES string of the molecule is CC(C)(C)OC(=O)N1C[C@@H]2C(COc3cccc(B4OC(C)(C)C(C)(C)O4)c3)[C@@H]2C1. The molecule has 164 valence electrons. The molecule has 4 rings (SSSR count). The minimum atomic E-state index is -0.450. The Labute approximate surface area is 180 Å². The summed E-state index contributed by atoms with van der Waals surface area (Å²) in [5.74, 6) is 2.37. The van der Waals surface area contributed by atoms with E-state index in [4.69, 9.17) is 18.8 Å². The maximum Gasteiger partial charge on any atom is 0.494 e. The first kappa shape index (κ1) is 21.5. The van der Waals surface area contributed by atoms with Crippen LogP contribution in [0.2, 0.25) is 0 Å². The fraction of sp³-hybridized carbons (Fsp3) is 0.696. The third-order valence-corrected chi connectivity index (χ3v) is 6.85. The Kier molecular flexibility index (Phi) is 5.13. The van der Waals surface area contributed by atoms with E-state index in [-0.39, 0.29) is 24.4 Å². The lowest BCUT2D eigenvalue weighted by Gasteiger charge is -2.32. The van der Waals surface area contributed by atoms with Crippen LogP contribution in [0, 0.1) is 17.8 Å². The van der Waals surface area contributed by atoms with Crippen LogP contribution < -0.4 is 10.2 Å². The molecule has 0 bridgehead atoms. The number of amides is 1. The van der Waals surface area contributed by atoms with E-state index in [0.717, 1.165) is 24.3 Å². The summed E-state index contributed by atoms with van der Waals surface area (Å²) in [6.07, 6.45) is -0.204. The van der Waals surface area contributed by atoms with E-state index in [1.54, 1.807) is 0 Å².